The van der Waals surface area contributed by atoms with Gasteiger partial charge in [-0.15, -0.1) is 0 Å². The Bertz CT molecular complexity index is 467. The highest BCUT2D eigenvalue weighted by Crippen LogP contribution is 2.16. The number of hydrogen-bond donors (Lipinski definition) is 1. The first-order valence-corrected chi connectivity index (χ1v) is 6.05. The Kier molecular flexibility index (Phi) is 4.44. The normalized spacial score (nSPS) is 20.4. The molecular weight excluding hydrogens is 256 g/mol. The Morgan fingerprint density at radius 2 is 2.26 bits per heavy atom. The molecule has 1 fully saturated rings. The van der Waals surface area contributed by atoms with Crippen LogP contribution in [0.1, 0.15) is 12.0 Å². The Morgan fingerprint density at radius 1 is 1.47 bits per heavy atom. The minimum Gasteiger partial charge on any atom is -0.481 e. The molecule has 0 saturated carbocycles. The highest BCUT2D eigenvalue weighted by molar-refractivity contribution is 5.67. The highest BCUT2D eigenvalue weighted by Gasteiger charge is 2.23. The first-order chi connectivity index (χ1) is 9.06. The molecule has 1 saturated heterocycles. The molecule has 2 rings (SSSR count). The largest absolute Gasteiger partial charge is 0.481 e. The lowest BCUT2D eigenvalue weighted by Gasteiger charge is -2.32. The summed E-state index contributed by atoms with van der Waals surface area (Å²) in [6.45, 7) is 1.63. The van der Waals surface area contributed by atoms with Gasteiger partial charge in [0, 0.05) is 25.2 Å². The molecule has 6 heteroatoms. The zero-order valence-corrected chi connectivity index (χ0v) is 10.3. The molecular formula is C13H15F2NO3. The smallest absolute Gasteiger partial charge is 0.306 e. The molecule has 104 valence electrons. The predicted octanol–water partition coefficient (Wildman–Crippen LogP) is 1.64. The Balaban J connectivity index is 1.98. The van der Waals surface area contributed by atoms with Crippen LogP contribution < -0.4 is 0 Å². The third-order valence-corrected chi connectivity index (χ3v) is 3.05. The van der Waals surface area contributed by atoms with Crippen molar-refractivity contribution in [3.05, 3.63) is 35.4 Å². The predicted molar refractivity (Wildman–Crippen MR) is 63.6 cm³/mol. The lowest BCUT2D eigenvalue weighted by atomic mass is 10.1. The summed E-state index contributed by atoms with van der Waals surface area (Å²) in [5.74, 6) is -2.64. The molecule has 19 heavy (non-hydrogen) atoms. The van der Waals surface area contributed by atoms with Crippen LogP contribution in [0.5, 0.6) is 0 Å². The second kappa shape index (κ2) is 6.08. The minimum atomic E-state index is -0.927. The summed E-state index contributed by atoms with van der Waals surface area (Å²) >= 11 is 0. The molecule has 0 bridgehead atoms. The number of carbonyl (C=O) groups is 1. The number of halogens is 2. The highest BCUT2D eigenvalue weighted by atomic mass is 19.2. The molecule has 0 radical (unpaired) electrons. The van der Waals surface area contributed by atoms with Gasteiger partial charge in [0.2, 0.25) is 0 Å². The summed E-state index contributed by atoms with van der Waals surface area (Å²) in [4.78, 5) is 12.5. The van der Waals surface area contributed by atoms with E-state index in [2.05, 4.69) is 0 Å². The molecule has 1 unspecified atom stereocenters. The number of ether oxygens (including phenoxy) is 1. The van der Waals surface area contributed by atoms with Crippen LogP contribution in [-0.2, 0) is 16.1 Å². The van der Waals surface area contributed by atoms with Crippen LogP contribution in [0.15, 0.2) is 18.2 Å². The van der Waals surface area contributed by atoms with E-state index in [9.17, 15) is 13.6 Å². The third kappa shape index (κ3) is 3.71. The van der Waals surface area contributed by atoms with E-state index in [1.54, 1.807) is 0 Å². The van der Waals surface area contributed by atoms with Gasteiger partial charge in [0.1, 0.15) is 0 Å². The lowest BCUT2D eigenvalue weighted by Crippen LogP contribution is -2.42. The molecule has 1 N–H and O–H groups in total. The number of benzene rings is 1. The fourth-order valence-electron chi connectivity index (χ4n) is 2.15. The average molecular weight is 271 g/mol. The second-order valence-corrected chi connectivity index (χ2v) is 4.54. The van der Waals surface area contributed by atoms with Gasteiger partial charge >= 0.3 is 5.97 Å². The van der Waals surface area contributed by atoms with Crippen molar-refractivity contribution in [1.82, 2.24) is 4.90 Å². The van der Waals surface area contributed by atoms with Crippen LogP contribution >= 0.6 is 0 Å². The summed E-state index contributed by atoms with van der Waals surface area (Å²) in [7, 11) is 0. The van der Waals surface area contributed by atoms with Crippen LogP contribution in [0.3, 0.4) is 0 Å². The quantitative estimate of drug-likeness (QED) is 0.904. The maximum atomic E-state index is 13.5. The van der Waals surface area contributed by atoms with Gasteiger partial charge < -0.3 is 9.84 Å². The molecule has 1 aromatic carbocycles. The van der Waals surface area contributed by atoms with Crippen molar-refractivity contribution in [2.24, 2.45) is 0 Å². The SMILES string of the molecule is O=C(O)CC1CN(Cc2cccc(F)c2F)CCO1. The van der Waals surface area contributed by atoms with Crippen molar-refractivity contribution in [2.75, 3.05) is 19.7 Å². The van der Waals surface area contributed by atoms with Crippen molar-refractivity contribution in [3.63, 3.8) is 0 Å². The number of morpholine rings is 1. The van der Waals surface area contributed by atoms with Gasteiger partial charge in [0.15, 0.2) is 11.6 Å². The van der Waals surface area contributed by atoms with Crippen molar-refractivity contribution in [2.45, 2.75) is 19.1 Å². The Hall–Kier alpha value is -1.53. The topological polar surface area (TPSA) is 49.8 Å². The maximum absolute atomic E-state index is 13.5. The van der Waals surface area contributed by atoms with Crippen molar-refractivity contribution >= 4 is 5.97 Å². The van der Waals surface area contributed by atoms with Crippen LogP contribution in [-0.4, -0.2) is 41.8 Å². The van der Waals surface area contributed by atoms with Gasteiger partial charge in [-0.1, -0.05) is 12.1 Å². The van der Waals surface area contributed by atoms with E-state index in [0.717, 1.165) is 6.07 Å². The first-order valence-electron chi connectivity index (χ1n) is 6.05. The van der Waals surface area contributed by atoms with E-state index in [0.29, 0.717) is 19.7 Å². The molecule has 4 nitrogen and oxygen atoms in total. The van der Waals surface area contributed by atoms with E-state index in [-0.39, 0.29) is 18.5 Å². The van der Waals surface area contributed by atoms with Gasteiger partial charge in [-0.05, 0) is 6.07 Å². The van der Waals surface area contributed by atoms with Crippen LogP contribution in [0.4, 0.5) is 8.78 Å². The molecule has 0 aliphatic carbocycles. The van der Waals surface area contributed by atoms with E-state index in [1.807, 2.05) is 4.90 Å². The van der Waals surface area contributed by atoms with E-state index >= 15 is 0 Å². The number of nitrogens with zero attached hydrogens (tertiary/aromatic N) is 1. The molecule has 1 aromatic rings. The first kappa shape index (κ1) is 13.9. The number of rotatable bonds is 4. The number of carboxylic acid groups (broad SMARTS) is 1. The van der Waals surface area contributed by atoms with Gasteiger partial charge in [0.05, 0.1) is 19.1 Å². The van der Waals surface area contributed by atoms with Gasteiger partial charge in [0.25, 0.3) is 0 Å². The van der Waals surface area contributed by atoms with Crippen LogP contribution in [0.25, 0.3) is 0 Å². The summed E-state index contributed by atoms with van der Waals surface area (Å²) in [6, 6.07) is 4.06. The Labute approximate surface area is 109 Å². The van der Waals surface area contributed by atoms with Gasteiger partial charge in [-0.2, -0.15) is 0 Å². The average Bonchev–Trinajstić information content (AvgIpc) is 2.35. The van der Waals surface area contributed by atoms with E-state index in [1.165, 1.54) is 12.1 Å². The zero-order chi connectivity index (χ0) is 13.8. The summed E-state index contributed by atoms with van der Waals surface area (Å²) in [6.07, 6.45) is -0.481. The molecule has 0 spiro atoms. The number of aliphatic carboxylic acids is 1. The van der Waals surface area contributed by atoms with E-state index < -0.39 is 23.7 Å². The molecule has 1 atom stereocenters. The fourth-order valence-corrected chi connectivity index (χ4v) is 2.15. The third-order valence-electron chi connectivity index (χ3n) is 3.05. The molecule has 0 amide bonds. The molecule has 1 aliphatic heterocycles. The zero-order valence-electron chi connectivity index (χ0n) is 10.3. The number of hydrogen-bond acceptors (Lipinski definition) is 3. The van der Waals surface area contributed by atoms with E-state index in [4.69, 9.17) is 9.84 Å². The van der Waals surface area contributed by atoms with Crippen LogP contribution in [0.2, 0.25) is 0 Å². The number of carboxylic acids is 1. The lowest BCUT2D eigenvalue weighted by molar-refractivity contribution is -0.142. The summed E-state index contributed by atoms with van der Waals surface area (Å²) < 4.78 is 31.9. The molecule has 0 aromatic heterocycles. The molecule has 1 heterocycles. The van der Waals surface area contributed by atoms with Gasteiger partial charge in [-0.3, -0.25) is 9.69 Å². The van der Waals surface area contributed by atoms with Crippen molar-refractivity contribution in [3.8, 4) is 0 Å². The fraction of sp³-hybridized carbons (Fsp3) is 0.462. The van der Waals surface area contributed by atoms with Crippen molar-refractivity contribution in [1.29, 1.82) is 0 Å². The monoisotopic (exact) mass is 271 g/mol. The summed E-state index contributed by atoms with van der Waals surface area (Å²) in [5, 5.41) is 8.71. The second-order valence-electron chi connectivity index (χ2n) is 4.54. The minimum absolute atomic E-state index is 0.0812. The van der Waals surface area contributed by atoms with Crippen LogP contribution in [0, 0.1) is 11.6 Å². The van der Waals surface area contributed by atoms with Crippen molar-refractivity contribution < 1.29 is 23.4 Å². The Morgan fingerprint density at radius 3 is 3.00 bits per heavy atom. The summed E-state index contributed by atoms with van der Waals surface area (Å²) in [5.41, 5.74) is 0.274. The standard InChI is InChI=1S/C13H15F2NO3/c14-11-3-1-2-9(13(11)15)7-16-4-5-19-10(8-16)6-12(17)18/h1-3,10H,4-8H2,(H,17,18). The maximum Gasteiger partial charge on any atom is 0.306 e. The van der Waals surface area contributed by atoms with Gasteiger partial charge in [-0.25, -0.2) is 8.78 Å². The molecule has 1 aliphatic rings.